The summed E-state index contributed by atoms with van der Waals surface area (Å²) in [7, 11) is 0. The highest BCUT2D eigenvalue weighted by Gasteiger charge is 2.54. The van der Waals surface area contributed by atoms with Gasteiger partial charge in [-0.2, -0.15) is 13.2 Å². The van der Waals surface area contributed by atoms with Crippen LogP contribution in [0.2, 0.25) is 0 Å². The molecule has 0 radical (unpaired) electrons. The Kier molecular flexibility index (Phi) is 13.1. The molecular formula is C32H40F3N3O9. The van der Waals surface area contributed by atoms with Gasteiger partial charge >= 0.3 is 18.1 Å². The number of nitro groups is 1. The van der Waals surface area contributed by atoms with Crippen molar-refractivity contribution in [3.63, 3.8) is 0 Å². The quantitative estimate of drug-likeness (QED) is 0.142. The van der Waals surface area contributed by atoms with Gasteiger partial charge in [0.15, 0.2) is 0 Å². The third-order valence-electron chi connectivity index (χ3n) is 7.09. The third kappa shape index (κ3) is 10.4. The largest absolute Gasteiger partial charge is 0.491 e. The van der Waals surface area contributed by atoms with Crippen LogP contribution in [0.3, 0.4) is 0 Å². The van der Waals surface area contributed by atoms with Crippen LogP contribution < -0.4 is 20.1 Å². The maximum Gasteiger partial charge on any atom is 0.405 e. The Labute approximate surface area is 270 Å². The van der Waals surface area contributed by atoms with Gasteiger partial charge in [-0.05, 0) is 56.2 Å². The van der Waals surface area contributed by atoms with Crippen LogP contribution in [0.4, 0.5) is 18.9 Å². The molecule has 0 bridgehead atoms. The Bertz CT molecular complexity index is 1420. The highest BCUT2D eigenvalue weighted by molar-refractivity contribution is 6.04. The highest BCUT2D eigenvalue weighted by Crippen LogP contribution is 2.42. The number of aliphatic hydroxyl groups is 1. The molecule has 258 valence electrons. The summed E-state index contributed by atoms with van der Waals surface area (Å²) in [5.74, 6) is -3.45. The van der Waals surface area contributed by atoms with Crippen molar-refractivity contribution in [2.45, 2.75) is 71.1 Å². The van der Waals surface area contributed by atoms with E-state index in [2.05, 4.69) is 10.6 Å². The summed E-state index contributed by atoms with van der Waals surface area (Å²) >= 11 is 0. The Morgan fingerprint density at radius 3 is 2.32 bits per heavy atom. The number of halogens is 3. The van der Waals surface area contributed by atoms with E-state index >= 15 is 0 Å². The summed E-state index contributed by atoms with van der Waals surface area (Å²) < 4.78 is 64.6. The molecule has 1 heterocycles. The molecule has 0 saturated carbocycles. The number of esters is 2. The molecule has 0 spiro atoms. The highest BCUT2D eigenvalue weighted by atomic mass is 19.4. The molecular weight excluding hydrogens is 627 g/mol. The van der Waals surface area contributed by atoms with E-state index in [1.807, 2.05) is 13.8 Å². The molecule has 0 saturated heterocycles. The lowest BCUT2D eigenvalue weighted by Crippen LogP contribution is -2.58. The van der Waals surface area contributed by atoms with Crippen LogP contribution in [-0.2, 0) is 19.1 Å². The minimum absolute atomic E-state index is 0.0778. The minimum atomic E-state index is -4.94. The van der Waals surface area contributed by atoms with Gasteiger partial charge in [-0.1, -0.05) is 26.0 Å². The fraction of sp³-hybridized carbons (Fsp3) is 0.500. The van der Waals surface area contributed by atoms with Crippen LogP contribution in [0.25, 0.3) is 5.57 Å². The Morgan fingerprint density at radius 1 is 1.06 bits per heavy atom. The molecule has 1 aliphatic rings. The van der Waals surface area contributed by atoms with Crippen LogP contribution in [0.1, 0.15) is 40.2 Å². The van der Waals surface area contributed by atoms with E-state index in [0.717, 1.165) is 12.1 Å². The zero-order valence-electron chi connectivity index (χ0n) is 26.7. The Hall–Kier alpha value is -4.21. The molecule has 15 heteroatoms. The molecule has 2 aromatic carbocycles. The van der Waals surface area contributed by atoms with Crippen molar-refractivity contribution >= 4 is 23.2 Å². The summed E-state index contributed by atoms with van der Waals surface area (Å²) in [4.78, 5) is 37.3. The molecule has 12 nitrogen and oxygen atoms in total. The van der Waals surface area contributed by atoms with Crippen molar-refractivity contribution in [3.05, 3.63) is 69.8 Å². The van der Waals surface area contributed by atoms with Gasteiger partial charge in [0.1, 0.15) is 48.9 Å². The molecule has 0 fully saturated rings. The second kappa shape index (κ2) is 16.6. The molecule has 2 aromatic rings. The number of hydrogen-bond acceptors (Lipinski definition) is 11. The van der Waals surface area contributed by atoms with Gasteiger partial charge in [0, 0.05) is 30.8 Å². The predicted octanol–water partition coefficient (Wildman–Crippen LogP) is 4.20. The lowest BCUT2D eigenvalue weighted by molar-refractivity contribution is -0.384. The second-order valence-electron chi connectivity index (χ2n) is 11.3. The van der Waals surface area contributed by atoms with Gasteiger partial charge in [-0.3, -0.25) is 20.2 Å². The zero-order valence-corrected chi connectivity index (χ0v) is 26.7. The number of nitrogens with one attached hydrogen (secondary N) is 2. The topological polar surface area (TPSA) is 158 Å². The number of nitro benzene ring substituents is 1. The number of hydrogen-bond donors (Lipinski definition) is 3. The van der Waals surface area contributed by atoms with E-state index in [4.69, 9.17) is 18.9 Å². The van der Waals surface area contributed by atoms with Crippen LogP contribution in [0.5, 0.6) is 11.5 Å². The maximum absolute atomic E-state index is 14.3. The van der Waals surface area contributed by atoms with Crippen LogP contribution >= 0.6 is 0 Å². The molecule has 3 rings (SSSR count). The number of carbonyl (C=O) groups is 2. The average molecular weight is 668 g/mol. The molecule has 1 aliphatic heterocycles. The van der Waals surface area contributed by atoms with Crippen molar-refractivity contribution < 1.29 is 51.7 Å². The summed E-state index contributed by atoms with van der Waals surface area (Å²) in [5, 5.41) is 26.9. The van der Waals surface area contributed by atoms with E-state index in [1.165, 1.54) is 26.0 Å². The van der Waals surface area contributed by atoms with E-state index in [9.17, 15) is 38.0 Å². The van der Waals surface area contributed by atoms with Crippen molar-refractivity contribution in [1.82, 2.24) is 10.6 Å². The lowest BCUT2D eigenvalue weighted by atomic mass is 9.77. The summed E-state index contributed by atoms with van der Waals surface area (Å²) in [6, 6.07) is 7.68. The van der Waals surface area contributed by atoms with Crippen LogP contribution in [-0.4, -0.2) is 84.8 Å². The summed E-state index contributed by atoms with van der Waals surface area (Å²) in [5.41, 5.74) is -1.25. The average Bonchev–Trinajstić information content (AvgIpc) is 3.01. The SMILES string of the molecule is CCOC(=O)C1C(c2cccc([N+](=O)[O-])c2)=C(C(=O)OCC(C)Oc2ccc(OCC(O)CNC(C)C)cc2)C(C)NC1C(F)(F)F. The van der Waals surface area contributed by atoms with Crippen molar-refractivity contribution in [2.75, 3.05) is 26.4 Å². The smallest absolute Gasteiger partial charge is 0.405 e. The zero-order chi connectivity index (χ0) is 34.9. The maximum atomic E-state index is 14.3. The number of carbonyl (C=O) groups excluding carboxylic acids is 2. The monoisotopic (exact) mass is 667 g/mol. The molecule has 0 aromatic heterocycles. The first-order valence-corrected chi connectivity index (χ1v) is 15.1. The molecule has 47 heavy (non-hydrogen) atoms. The van der Waals surface area contributed by atoms with Gasteiger partial charge < -0.3 is 29.4 Å². The standard InChI is InChI=1S/C32H40F3N3O9/c1-6-44-31(41)28-27(21-8-7-9-22(14-21)38(42)43)26(20(5)37-29(28)32(33,34)35)30(40)46-16-19(4)47-25-12-10-24(11-13-25)45-17-23(39)15-36-18(2)3/h7-14,18-20,23,28-29,36-37,39H,6,15-17H2,1-5H3. The summed E-state index contributed by atoms with van der Waals surface area (Å²) in [6.45, 7) is 8.15. The number of rotatable bonds is 15. The van der Waals surface area contributed by atoms with Gasteiger partial charge in [-0.25, -0.2) is 4.79 Å². The van der Waals surface area contributed by atoms with Gasteiger partial charge in [-0.15, -0.1) is 0 Å². The number of nitrogens with zero attached hydrogens (tertiary/aromatic N) is 1. The van der Waals surface area contributed by atoms with Crippen LogP contribution in [0.15, 0.2) is 54.1 Å². The van der Waals surface area contributed by atoms with Crippen LogP contribution in [0, 0.1) is 16.0 Å². The fourth-order valence-corrected chi connectivity index (χ4v) is 4.97. The number of aliphatic hydroxyl groups excluding tert-OH is 1. The molecule has 0 aliphatic carbocycles. The van der Waals surface area contributed by atoms with Crippen molar-refractivity contribution in [2.24, 2.45) is 5.92 Å². The molecule has 0 amide bonds. The van der Waals surface area contributed by atoms with Gasteiger partial charge in [0.2, 0.25) is 0 Å². The predicted molar refractivity (Wildman–Crippen MR) is 165 cm³/mol. The van der Waals surface area contributed by atoms with E-state index in [1.54, 1.807) is 31.2 Å². The number of alkyl halides is 3. The fourth-order valence-electron chi connectivity index (χ4n) is 4.97. The van der Waals surface area contributed by atoms with Gasteiger partial charge in [0.25, 0.3) is 5.69 Å². The van der Waals surface area contributed by atoms with Gasteiger partial charge in [0.05, 0.1) is 17.1 Å². The third-order valence-corrected chi connectivity index (χ3v) is 7.09. The molecule has 3 N–H and O–H groups in total. The van der Waals surface area contributed by atoms with Crippen molar-refractivity contribution in [3.8, 4) is 11.5 Å². The number of ether oxygens (including phenoxy) is 4. The minimum Gasteiger partial charge on any atom is -0.491 e. The number of non-ortho nitro benzene ring substituents is 1. The molecule has 5 unspecified atom stereocenters. The van der Waals surface area contributed by atoms with E-state index in [-0.39, 0.29) is 42.6 Å². The van der Waals surface area contributed by atoms with E-state index < -0.39 is 58.9 Å². The Morgan fingerprint density at radius 2 is 1.72 bits per heavy atom. The normalized spacial score (nSPS) is 19.6. The lowest BCUT2D eigenvalue weighted by Gasteiger charge is -2.38. The van der Waals surface area contributed by atoms with Crippen molar-refractivity contribution in [1.29, 1.82) is 0 Å². The first-order chi connectivity index (χ1) is 22.1. The first-order valence-electron chi connectivity index (χ1n) is 15.1. The summed E-state index contributed by atoms with van der Waals surface area (Å²) in [6.07, 6.45) is -6.36. The number of benzene rings is 2. The van der Waals surface area contributed by atoms with E-state index in [0.29, 0.717) is 18.0 Å². The molecule has 5 atom stereocenters. The Balaban J connectivity index is 1.82. The second-order valence-corrected chi connectivity index (χ2v) is 11.3. The first kappa shape index (κ1) is 37.2.